The Morgan fingerprint density at radius 1 is 1.21 bits per heavy atom. The average molecular weight is 541 g/mol. The lowest BCUT2D eigenvalue weighted by Crippen LogP contribution is -2.58. The van der Waals surface area contributed by atoms with Gasteiger partial charge in [0.1, 0.15) is 11.8 Å². The maximum absolute atomic E-state index is 13.6. The fourth-order valence-electron chi connectivity index (χ4n) is 4.54. The number of ether oxygens (including phenoxy) is 1. The van der Waals surface area contributed by atoms with Crippen molar-refractivity contribution >= 4 is 23.6 Å². The summed E-state index contributed by atoms with van der Waals surface area (Å²) in [6.45, 7) is 6.75. The third kappa shape index (κ3) is 7.38. The number of aromatic hydroxyl groups is 1. The van der Waals surface area contributed by atoms with E-state index in [2.05, 4.69) is 20.6 Å². The molecule has 0 bridgehead atoms. The van der Waals surface area contributed by atoms with Crippen LogP contribution in [0.1, 0.15) is 56.6 Å². The molecule has 39 heavy (non-hydrogen) atoms. The van der Waals surface area contributed by atoms with Crippen molar-refractivity contribution in [3.63, 3.8) is 0 Å². The highest BCUT2D eigenvalue weighted by Crippen LogP contribution is 2.24. The van der Waals surface area contributed by atoms with Gasteiger partial charge in [0.2, 0.25) is 5.91 Å². The van der Waals surface area contributed by atoms with E-state index < -0.39 is 59.7 Å². The molecule has 11 heteroatoms. The van der Waals surface area contributed by atoms with Crippen LogP contribution in [-0.2, 0) is 25.5 Å². The zero-order chi connectivity index (χ0) is 28.7. The molecule has 0 saturated carbocycles. The Bertz CT molecular complexity index is 1180. The van der Waals surface area contributed by atoms with Crippen LogP contribution in [0.3, 0.4) is 0 Å². The van der Waals surface area contributed by atoms with Gasteiger partial charge in [0.25, 0.3) is 5.91 Å². The van der Waals surface area contributed by atoms with E-state index in [0.29, 0.717) is 12.0 Å². The Hall–Kier alpha value is -3.86. The molecule has 2 amide bonds. The first-order chi connectivity index (χ1) is 18.5. The van der Waals surface area contributed by atoms with Crippen LogP contribution >= 0.6 is 0 Å². The highest BCUT2D eigenvalue weighted by molar-refractivity contribution is 5.98. The van der Waals surface area contributed by atoms with Crippen molar-refractivity contribution in [1.82, 2.24) is 20.6 Å². The molecular formula is C28H36N4O7. The molecule has 0 radical (unpaired) electrons. The summed E-state index contributed by atoms with van der Waals surface area (Å²) in [5.74, 6) is -5.07. The third-order valence-corrected chi connectivity index (χ3v) is 7.19. The summed E-state index contributed by atoms with van der Waals surface area (Å²) in [4.78, 5) is 60.9. The molecule has 1 aliphatic rings. The predicted molar refractivity (Wildman–Crippen MR) is 140 cm³/mol. The maximum atomic E-state index is 13.6. The Morgan fingerprint density at radius 3 is 2.56 bits per heavy atom. The molecule has 1 fully saturated rings. The molecular weight excluding hydrogens is 504 g/mol. The lowest BCUT2D eigenvalue weighted by atomic mass is 9.87. The summed E-state index contributed by atoms with van der Waals surface area (Å²) in [6, 6.07) is 4.06. The summed E-state index contributed by atoms with van der Waals surface area (Å²) in [6.07, 6.45) is 2.58. The fourth-order valence-corrected chi connectivity index (χ4v) is 4.54. The Balaban J connectivity index is 2.00. The average Bonchev–Trinajstić information content (AvgIpc) is 2.92. The number of Topliss-reactive ketones (excluding diaryl/α,β-unsaturated/α-hetero) is 1. The first-order valence-corrected chi connectivity index (χ1v) is 13.1. The van der Waals surface area contributed by atoms with Gasteiger partial charge in [-0.15, -0.1) is 0 Å². The number of hydrogen-bond acceptors (Lipinski definition) is 9. The standard InChI is InChI=1S/C28H36N4O7/c1-5-15(2)25-21(34)12-16(3)22(32-27(37)23-20(33)9-7-11-30-23)26(36)31-19(13-18-8-6-10-29-14-18)24(35)17(4)28(38)39-25/h6-11,14-17,19,22,24-25,33,35H,5,12-13H2,1-4H3,(H,31,36)(H,32,37)/t15?,16-,17+,19-,22-,24-,25?/m0/s1. The molecule has 2 unspecified atom stereocenters. The van der Waals surface area contributed by atoms with Crippen molar-refractivity contribution < 1.29 is 34.1 Å². The van der Waals surface area contributed by atoms with Crippen LogP contribution in [0.25, 0.3) is 0 Å². The first-order valence-electron chi connectivity index (χ1n) is 13.1. The van der Waals surface area contributed by atoms with Crippen LogP contribution in [0.5, 0.6) is 5.75 Å². The second-order valence-electron chi connectivity index (χ2n) is 10.2. The highest BCUT2D eigenvalue weighted by atomic mass is 16.5. The second kappa shape index (κ2) is 13.3. The monoisotopic (exact) mass is 540 g/mol. The number of hydrogen-bond donors (Lipinski definition) is 4. The van der Waals surface area contributed by atoms with Crippen LogP contribution in [0, 0.1) is 17.8 Å². The Kier molecular flexibility index (Phi) is 10.1. The number of pyridine rings is 2. The molecule has 3 rings (SSSR count). The molecule has 3 heterocycles. The van der Waals surface area contributed by atoms with Gasteiger partial charge < -0.3 is 25.6 Å². The zero-order valence-electron chi connectivity index (χ0n) is 22.5. The van der Waals surface area contributed by atoms with Gasteiger partial charge in [0.05, 0.1) is 18.1 Å². The molecule has 1 aliphatic heterocycles. The minimum atomic E-state index is -1.37. The van der Waals surface area contributed by atoms with Gasteiger partial charge >= 0.3 is 5.97 Å². The van der Waals surface area contributed by atoms with E-state index in [1.165, 1.54) is 25.3 Å². The van der Waals surface area contributed by atoms with Crippen molar-refractivity contribution in [2.75, 3.05) is 0 Å². The lowest BCUT2D eigenvalue weighted by molar-refractivity contribution is -0.166. The van der Waals surface area contributed by atoms with Crippen molar-refractivity contribution in [3.05, 3.63) is 54.1 Å². The summed E-state index contributed by atoms with van der Waals surface area (Å²) in [5, 5.41) is 26.7. The highest BCUT2D eigenvalue weighted by Gasteiger charge is 2.40. The molecule has 11 nitrogen and oxygen atoms in total. The molecule has 0 aromatic carbocycles. The minimum absolute atomic E-state index is 0.141. The Labute approximate surface area is 227 Å². The predicted octanol–water partition coefficient (Wildman–Crippen LogP) is 1.57. The van der Waals surface area contributed by atoms with Gasteiger partial charge in [-0.05, 0) is 49.4 Å². The van der Waals surface area contributed by atoms with E-state index in [-0.39, 0.29) is 30.2 Å². The SMILES string of the molecule is CCC(C)C1OC(=O)[C@H](C)[C@H](O)[C@H](Cc2cccnc2)NC(=O)[C@@H](NC(=O)c2ncccc2O)[C@@H](C)CC1=O. The number of aliphatic hydroxyl groups excluding tert-OH is 1. The number of aliphatic hydroxyl groups is 1. The summed E-state index contributed by atoms with van der Waals surface area (Å²) >= 11 is 0. The van der Waals surface area contributed by atoms with Crippen molar-refractivity contribution in [1.29, 1.82) is 0 Å². The quantitative estimate of drug-likeness (QED) is 0.398. The molecule has 210 valence electrons. The number of amides is 2. The van der Waals surface area contributed by atoms with E-state index in [1.54, 1.807) is 38.4 Å². The molecule has 0 aliphatic carbocycles. The van der Waals surface area contributed by atoms with Crippen LogP contribution in [0.4, 0.5) is 0 Å². The number of ketones is 1. The molecule has 1 saturated heterocycles. The number of nitrogens with zero attached hydrogens (tertiary/aromatic N) is 2. The number of cyclic esters (lactones) is 1. The molecule has 2 aromatic heterocycles. The molecule has 2 aromatic rings. The van der Waals surface area contributed by atoms with Gasteiger partial charge in [-0.2, -0.15) is 0 Å². The number of esters is 1. The van der Waals surface area contributed by atoms with Gasteiger partial charge in [0, 0.05) is 30.9 Å². The van der Waals surface area contributed by atoms with Crippen molar-refractivity contribution in [2.24, 2.45) is 17.8 Å². The zero-order valence-corrected chi connectivity index (χ0v) is 22.5. The van der Waals surface area contributed by atoms with Gasteiger partial charge in [-0.1, -0.05) is 26.8 Å². The van der Waals surface area contributed by atoms with Crippen molar-refractivity contribution in [2.45, 2.75) is 71.2 Å². The number of rotatable bonds is 6. The summed E-state index contributed by atoms with van der Waals surface area (Å²) in [7, 11) is 0. The van der Waals surface area contributed by atoms with Gasteiger partial charge in [-0.25, -0.2) is 4.98 Å². The molecule has 4 N–H and O–H groups in total. The number of carbonyl (C=O) groups is 4. The van der Waals surface area contributed by atoms with Crippen LogP contribution in [0.2, 0.25) is 0 Å². The molecule has 7 atom stereocenters. The largest absolute Gasteiger partial charge is 0.505 e. The Morgan fingerprint density at radius 2 is 1.92 bits per heavy atom. The van der Waals surface area contributed by atoms with E-state index in [4.69, 9.17) is 4.74 Å². The topological polar surface area (TPSA) is 168 Å². The van der Waals surface area contributed by atoms with E-state index in [9.17, 15) is 29.4 Å². The van der Waals surface area contributed by atoms with E-state index >= 15 is 0 Å². The van der Waals surface area contributed by atoms with Gasteiger partial charge in [-0.3, -0.25) is 24.2 Å². The first kappa shape index (κ1) is 29.7. The van der Waals surface area contributed by atoms with Crippen LogP contribution in [0.15, 0.2) is 42.9 Å². The third-order valence-electron chi connectivity index (χ3n) is 7.19. The van der Waals surface area contributed by atoms with Crippen molar-refractivity contribution in [3.8, 4) is 5.75 Å². The fraction of sp³-hybridized carbons (Fsp3) is 0.500. The van der Waals surface area contributed by atoms with Gasteiger partial charge in [0.15, 0.2) is 17.6 Å². The van der Waals surface area contributed by atoms with E-state index in [1.807, 2.05) is 6.92 Å². The van der Waals surface area contributed by atoms with Crippen LogP contribution < -0.4 is 10.6 Å². The van der Waals surface area contributed by atoms with E-state index in [0.717, 1.165) is 0 Å². The smallest absolute Gasteiger partial charge is 0.312 e. The second-order valence-corrected chi connectivity index (χ2v) is 10.2. The number of carbonyl (C=O) groups excluding carboxylic acids is 4. The summed E-state index contributed by atoms with van der Waals surface area (Å²) < 4.78 is 5.64. The molecule has 0 spiro atoms. The minimum Gasteiger partial charge on any atom is -0.505 e. The normalized spacial score (nSPS) is 27.4. The number of nitrogens with one attached hydrogen (secondary N) is 2. The lowest BCUT2D eigenvalue weighted by Gasteiger charge is -2.33. The number of aromatic nitrogens is 2. The summed E-state index contributed by atoms with van der Waals surface area (Å²) in [5.41, 5.74) is 0.427. The maximum Gasteiger partial charge on any atom is 0.312 e. The van der Waals surface area contributed by atoms with Crippen LogP contribution in [-0.4, -0.2) is 68.0 Å².